The molecule has 1 aromatic rings. The molecule has 2 atom stereocenters. The maximum absolute atomic E-state index is 11.2. The number of nitrogens with one attached hydrogen (secondary N) is 1. The van der Waals surface area contributed by atoms with Gasteiger partial charge in [-0.15, -0.1) is 0 Å². The number of halogens is 1. The Morgan fingerprint density at radius 1 is 1.60 bits per heavy atom. The fourth-order valence-electron chi connectivity index (χ4n) is 1.77. The summed E-state index contributed by atoms with van der Waals surface area (Å²) in [6, 6.07) is 8.66. The predicted molar refractivity (Wildman–Crippen MR) is 63.7 cm³/mol. The first-order valence-corrected chi connectivity index (χ1v) is 6.05. The second-order valence-electron chi connectivity index (χ2n) is 3.92. The molecule has 2 nitrogen and oxygen atoms in total. The summed E-state index contributed by atoms with van der Waals surface area (Å²) in [5.41, 5.74) is 1.31. The van der Waals surface area contributed by atoms with Crippen LogP contribution in [0.2, 0.25) is 0 Å². The Labute approximate surface area is 98.2 Å². The number of benzene rings is 1. The van der Waals surface area contributed by atoms with Gasteiger partial charge in [-0.25, -0.2) is 0 Å². The van der Waals surface area contributed by atoms with Gasteiger partial charge in [-0.2, -0.15) is 0 Å². The van der Waals surface area contributed by atoms with Crippen LogP contribution >= 0.6 is 15.9 Å². The van der Waals surface area contributed by atoms with Gasteiger partial charge in [-0.05, 0) is 24.1 Å². The fourth-order valence-corrected chi connectivity index (χ4v) is 2.19. The molecule has 0 radical (unpaired) electrons. The largest absolute Gasteiger partial charge is 0.353 e. The summed E-state index contributed by atoms with van der Waals surface area (Å²) in [6.07, 6.45) is 1.64. The molecule has 15 heavy (non-hydrogen) atoms. The van der Waals surface area contributed by atoms with Crippen LogP contribution in [0.5, 0.6) is 0 Å². The molecular weight excluding hydrogens is 254 g/mol. The molecular formula is C12H14BrNO. The number of carbonyl (C=O) groups is 1. The molecule has 1 aliphatic carbocycles. The lowest BCUT2D eigenvalue weighted by atomic mass is 10.1. The number of rotatable bonds is 3. The van der Waals surface area contributed by atoms with Crippen molar-refractivity contribution in [2.24, 2.45) is 0 Å². The highest BCUT2D eigenvalue weighted by Gasteiger charge is 2.39. The van der Waals surface area contributed by atoms with Crippen LogP contribution in [0.3, 0.4) is 0 Å². The Hall–Kier alpha value is -0.830. The van der Waals surface area contributed by atoms with Gasteiger partial charge < -0.3 is 5.32 Å². The quantitative estimate of drug-likeness (QED) is 0.897. The average molecular weight is 268 g/mol. The van der Waals surface area contributed by atoms with Crippen molar-refractivity contribution in [3.05, 3.63) is 34.3 Å². The lowest BCUT2D eigenvalue weighted by Crippen LogP contribution is -2.25. The number of amides is 1. The highest BCUT2D eigenvalue weighted by atomic mass is 79.9. The van der Waals surface area contributed by atoms with Crippen molar-refractivity contribution in [3.63, 3.8) is 0 Å². The number of hydrogen-bond donors (Lipinski definition) is 1. The zero-order valence-electron chi connectivity index (χ0n) is 8.66. The van der Waals surface area contributed by atoms with Gasteiger partial charge in [0, 0.05) is 22.9 Å². The second kappa shape index (κ2) is 4.35. The molecule has 1 N–H and O–H groups in total. The first kappa shape index (κ1) is 10.7. The number of hydrogen-bond acceptors (Lipinski definition) is 1. The summed E-state index contributed by atoms with van der Waals surface area (Å²) in [5.74, 6) is 0.662. The predicted octanol–water partition coefficient (Wildman–Crippen LogP) is 2.83. The van der Waals surface area contributed by atoms with Gasteiger partial charge in [0.25, 0.3) is 0 Å². The van der Waals surface area contributed by atoms with Gasteiger partial charge in [-0.3, -0.25) is 4.79 Å². The summed E-state index contributed by atoms with van der Waals surface area (Å²) >= 11 is 3.46. The van der Waals surface area contributed by atoms with Gasteiger partial charge in [0.1, 0.15) is 0 Å². The molecule has 1 aliphatic rings. The van der Waals surface area contributed by atoms with Crippen molar-refractivity contribution in [1.82, 2.24) is 5.32 Å². The van der Waals surface area contributed by atoms with Crippen LogP contribution in [0.15, 0.2) is 28.7 Å². The van der Waals surface area contributed by atoms with E-state index in [1.807, 2.05) is 19.1 Å². The lowest BCUT2D eigenvalue weighted by molar-refractivity contribution is -0.120. The van der Waals surface area contributed by atoms with E-state index < -0.39 is 0 Å². The molecule has 0 aromatic heterocycles. The molecule has 0 spiro atoms. The van der Waals surface area contributed by atoms with Gasteiger partial charge in [0.05, 0.1) is 0 Å². The van der Waals surface area contributed by atoms with Crippen molar-refractivity contribution in [2.75, 3.05) is 0 Å². The fraction of sp³-hybridized carbons (Fsp3) is 0.417. The third-order valence-corrected chi connectivity index (χ3v) is 3.23. The smallest absolute Gasteiger partial charge is 0.219 e. The Kier molecular flexibility index (Phi) is 3.10. The highest BCUT2D eigenvalue weighted by Crippen LogP contribution is 2.41. The van der Waals surface area contributed by atoms with Crippen LogP contribution in [0.1, 0.15) is 31.2 Å². The SMILES string of the molecule is CCC(=O)NC1CC1c1cccc(Br)c1. The first-order chi connectivity index (χ1) is 7.20. The summed E-state index contributed by atoms with van der Waals surface area (Å²) in [7, 11) is 0. The highest BCUT2D eigenvalue weighted by molar-refractivity contribution is 9.10. The second-order valence-corrected chi connectivity index (χ2v) is 4.84. The van der Waals surface area contributed by atoms with E-state index in [-0.39, 0.29) is 5.91 Å². The molecule has 80 valence electrons. The minimum atomic E-state index is 0.150. The van der Waals surface area contributed by atoms with Gasteiger partial charge in [0.15, 0.2) is 0 Å². The zero-order valence-corrected chi connectivity index (χ0v) is 10.3. The maximum Gasteiger partial charge on any atom is 0.219 e. The summed E-state index contributed by atoms with van der Waals surface area (Å²) < 4.78 is 1.10. The Morgan fingerprint density at radius 3 is 3.07 bits per heavy atom. The van der Waals surface area contributed by atoms with Gasteiger partial charge >= 0.3 is 0 Å². The zero-order chi connectivity index (χ0) is 10.8. The van der Waals surface area contributed by atoms with Crippen LogP contribution in [-0.4, -0.2) is 11.9 Å². The molecule has 0 saturated heterocycles. The molecule has 0 heterocycles. The normalized spacial score (nSPS) is 23.6. The van der Waals surface area contributed by atoms with Crippen LogP contribution in [0, 0.1) is 0 Å². The van der Waals surface area contributed by atoms with Gasteiger partial charge in [0.2, 0.25) is 5.91 Å². The molecule has 1 fully saturated rings. The van der Waals surface area contributed by atoms with Crippen molar-refractivity contribution in [1.29, 1.82) is 0 Å². The van der Waals surface area contributed by atoms with Crippen molar-refractivity contribution in [3.8, 4) is 0 Å². The summed E-state index contributed by atoms with van der Waals surface area (Å²) in [5, 5.41) is 3.02. The molecule has 2 rings (SSSR count). The molecule has 1 amide bonds. The maximum atomic E-state index is 11.2. The van der Waals surface area contributed by atoms with E-state index in [4.69, 9.17) is 0 Å². The minimum absolute atomic E-state index is 0.150. The third kappa shape index (κ3) is 2.59. The van der Waals surface area contributed by atoms with E-state index in [1.54, 1.807) is 0 Å². The first-order valence-electron chi connectivity index (χ1n) is 5.25. The molecule has 2 unspecified atom stereocenters. The Morgan fingerprint density at radius 2 is 2.40 bits per heavy atom. The van der Waals surface area contributed by atoms with Crippen LogP contribution in [0.25, 0.3) is 0 Å². The van der Waals surface area contributed by atoms with E-state index in [0.717, 1.165) is 10.9 Å². The molecule has 1 saturated carbocycles. The third-order valence-electron chi connectivity index (χ3n) is 2.73. The molecule has 1 aromatic carbocycles. The molecule has 0 aliphatic heterocycles. The molecule has 3 heteroatoms. The topological polar surface area (TPSA) is 29.1 Å². The standard InChI is InChI=1S/C12H14BrNO/c1-2-12(15)14-11-7-10(11)8-4-3-5-9(13)6-8/h3-6,10-11H,2,7H2,1H3,(H,14,15). The minimum Gasteiger partial charge on any atom is -0.353 e. The Bertz CT molecular complexity index is 378. The van der Waals surface area contributed by atoms with Crippen LogP contribution < -0.4 is 5.32 Å². The van der Waals surface area contributed by atoms with E-state index in [1.165, 1.54) is 5.56 Å². The van der Waals surface area contributed by atoms with Crippen molar-refractivity contribution < 1.29 is 4.79 Å². The van der Waals surface area contributed by atoms with Gasteiger partial charge in [-0.1, -0.05) is 35.0 Å². The lowest BCUT2D eigenvalue weighted by Gasteiger charge is -2.03. The number of carbonyl (C=O) groups excluding carboxylic acids is 1. The van der Waals surface area contributed by atoms with Crippen LogP contribution in [-0.2, 0) is 4.79 Å². The summed E-state index contributed by atoms with van der Waals surface area (Å²) in [6.45, 7) is 1.88. The monoisotopic (exact) mass is 267 g/mol. The van der Waals surface area contributed by atoms with E-state index in [0.29, 0.717) is 18.4 Å². The van der Waals surface area contributed by atoms with Crippen molar-refractivity contribution in [2.45, 2.75) is 31.7 Å². The molecule has 0 bridgehead atoms. The van der Waals surface area contributed by atoms with Crippen molar-refractivity contribution >= 4 is 21.8 Å². The van der Waals surface area contributed by atoms with Crippen LogP contribution in [0.4, 0.5) is 0 Å². The van der Waals surface area contributed by atoms with E-state index in [9.17, 15) is 4.79 Å². The van der Waals surface area contributed by atoms with E-state index >= 15 is 0 Å². The van der Waals surface area contributed by atoms with E-state index in [2.05, 4.69) is 33.4 Å². The average Bonchev–Trinajstić information content (AvgIpc) is 2.97. The summed E-state index contributed by atoms with van der Waals surface area (Å²) in [4.78, 5) is 11.2. The Balaban J connectivity index is 1.96.